The van der Waals surface area contributed by atoms with E-state index in [1.807, 2.05) is 0 Å². The first-order valence-corrected chi connectivity index (χ1v) is 8.83. The Balaban J connectivity index is 1.68. The van der Waals surface area contributed by atoms with Crippen LogP contribution in [0, 0.1) is 0 Å². The van der Waals surface area contributed by atoms with Crippen LogP contribution < -0.4 is 14.2 Å². The minimum atomic E-state index is 0.696. The Morgan fingerprint density at radius 3 is 2.40 bits per heavy atom. The molecular weight excluding hydrogens is 314 g/mol. The second-order valence-electron chi connectivity index (χ2n) is 6.40. The maximum atomic E-state index is 5.63. The van der Waals surface area contributed by atoms with Crippen molar-refractivity contribution < 1.29 is 14.2 Å². The lowest BCUT2D eigenvalue weighted by atomic mass is 9.97. The Kier molecular flexibility index (Phi) is 5.82. The van der Waals surface area contributed by atoms with Gasteiger partial charge in [0.25, 0.3) is 0 Å². The van der Waals surface area contributed by atoms with Crippen molar-refractivity contribution in [1.29, 1.82) is 0 Å². The van der Waals surface area contributed by atoms with E-state index in [4.69, 9.17) is 14.2 Å². The lowest BCUT2D eigenvalue weighted by molar-refractivity contribution is 0.245. The van der Waals surface area contributed by atoms with Gasteiger partial charge in [-0.3, -0.25) is 4.90 Å². The molecule has 0 fully saturated rings. The SMILES string of the molecule is COc1cc2c(c(OC)c1OC)CCN(CCCc1ccccc1)C2. The minimum absolute atomic E-state index is 0.696. The normalized spacial score (nSPS) is 14.0. The number of hydrogen-bond acceptors (Lipinski definition) is 4. The van der Waals surface area contributed by atoms with Crippen LogP contribution in [0.1, 0.15) is 23.1 Å². The maximum absolute atomic E-state index is 5.63. The molecule has 3 rings (SSSR count). The molecule has 0 unspecified atom stereocenters. The fourth-order valence-electron chi connectivity index (χ4n) is 3.61. The number of rotatable bonds is 7. The molecule has 2 aromatic carbocycles. The van der Waals surface area contributed by atoms with Crippen molar-refractivity contribution in [2.45, 2.75) is 25.8 Å². The summed E-state index contributed by atoms with van der Waals surface area (Å²) < 4.78 is 16.6. The number of nitrogens with zero attached hydrogens (tertiary/aromatic N) is 1. The van der Waals surface area contributed by atoms with Gasteiger partial charge in [-0.15, -0.1) is 0 Å². The van der Waals surface area contributed by atoms with Crippen molar-refractivity contribution in [3.8, 4) is 17.2 Å². The first-order chi connectivity index (χ1) is 12.3. The van der Waals surface area contributed by atoms with Crippen molar-refractivity contribution in [2.24, 2.45) is 0 Å². The van der Waals surface area contributed by atoms with Gasteiger partial charge in [0.2, 0.25) is 5.75 Å². The van der Waals surface area contributed by atoms with Crippen LogP contribution in [0.4, 0.5) is 0 Å². The summed E-state index contributed by atoms with van der Waals surface area (Å²) in [6.45, 7) is 3.08. The van der Waals surface area contributed by atoms with Gasteiger partial charge >= 0.3 is 0 Å². The van der Waals surface area contributed by atoms with E-state index >= 15 is 0 Å². The Morgan fingerprint density at radius 2 is 1.72 bits per heavy atom. The monoisotopic (exact) mass is 341 g/mol. The molecule has 0 aromatic heterocycles. The topological polar surface area (TPSA) is 30.9 Å². The van der Waals surface area contributed by atoms with Crippen LogP contribution >= 0.6 is 0 Å². The molecule has 0 aliphatic carbocycles. The zero-order chi connectivity index (χ0) is 17.6. The first-order valence-electron chi connectivity index (χ1n) is 8.83. The molecule has 1 aliphatic heterocycles. The third-order valence-electron chi connectivity index (χ3n) is 4.88. The average Bonchev–Trinajstić information content (AvgIpc) is 2.67. The molecule has 1 heterocycles. The van der Waals surface area contributed by atoms with Gasteiger partial charge in [0.1, 0.15) is 0 Å². The van der Waals surface area contributed by atoms with E-state index in [0.717, 1.165) is 44.0 Å². The molecule has 4 nitrogen and oxygen atoms in total. The third kappa shape index (κ3) is 3.90. The predicted octanol–water partition coefficient (Wildman–Crippen LogP) is 3.70. The highest BCUT2D eigenvalue weighted by atomic mass is 16.5. The Bertz CT molecular complexity index is 700. The largest absolute Gasteiger partial charge is 0.493 e. The van der Waals surface area contributed by atoms with E-state index < -0.39 is 0 Å². The molecule has 0 saturated carbocycles. The molecule has 0 atom stereocenters. The van der Waals surface area contributed by atoms with Crippen LogP contribution in [0.25, 0.3) is 0 Å². The molecule has 25 heavy (non-hydrogen) atoms. The molecule has 0 spiro atoms. The first kappa shape index (κ1) is 17.6. The fraction of sp³-hybridized carbons (Fsp3) is 0.429. The Labute approximate surface area is 150 Å². The van der Waals surface area contributed by atoms with Gasteiger partial charge in [-0.05, 0) is 43.0 Å². The van der Waals surface area contributed by atoms with Crippen LogP contribution in [0.15, 0.2) is 36.4 Å². The summed E-state index contributed by atoms with van der Waals surface area (Å²) in [7, 11) is 5.03. The summed E-state index contributed by atoms with van der Waals surface area (Å²) in [4.78, 5) is 2.51. The lowest BCUT2D eigenvalue weighted by Crippen LogP contribution is -2.32. The average molecular weight is 341 g/mol. The van der Waals surface area contributed by atoms with E-state index in [9.17, 15) is 0 Å². The molecule has 4 heteroatoms. The quantitative estimate of drug-likeness (QED) is 0.768. The van der Waals surface area contributed by atoms with Crippen LogP contribution in [0.5, 0.6) is 17.2 Å². The summed E-state index contributed by atoms with van der Waals surface area (Å²) in [5.41, 5.74) is 3.94. The van der Waals surface area contributed by atoms with Gasteiger partial charge in [0.15, 0.2) is 11.5 Å². The summed E-state index contributed by atoms with van der Waals surface area (Å²) in [6.07, 6.45) is 3.27. The lowest BCUT2D eigenvalue weighted by Gasteiger charge is -2.30. The second-order valence-corrected chi connectivity index (χ2v) is 6.40. The zero-order valence-corrected chi connectivity index (χ0v) is 15.4. The highest BCUT2D eigenvalue weighted by Gasteiger charge is 2.25. The number of benzene rings is 2. The van der Waals surface area contributed by atoms with Gasteiger partial charge < -0.3 is 14.2 Å². The van der Waals surface area contributed by atoms with E-state index in [1.165, 1.54) is 23.1 Å². The molecular formula is C21H27NO3. The van der Waals surface area contributed by atoms with E-state index in [1.54, 1.807) is 21.3 Å². The van der Waals surface area contributed by atoms with E-state index in [0.29, 0.717) is 5.75 Å². The van der Waals surface area contributed by atoms with Gasteiger partial charge in [-0.2, -0.15) is 0 Å². The van der Waals surface area contributed by atoms with Gasteiger partial charge in [-0.1, -0.05) is 30.3 Å². The van der Waals surface area contributed by atoms with Gasteiger partial charge in [0, 0.05) is 18.7 Å². The second kappa shape index (κ2) is 8.26. The number of aryl methyl sites for hydroxylation is 1. The summed E-state index contributed by atoms with van der Waals surface area (Å²) in [6, 6.07) is 12.8. The predicted molar refractivity (Wildman–Crippen MR) is 99.8 cm³/mol. The summed E-state index contributed by atoms with van der Waals surface area (Å²) in [5.74, 6) is 2.26. The smallest absolute Gasteiger partial charge is 0.203 e. The van der Waals surface area contributed by atoms with Crippen molar-refractivity contribution in [2.75, 3.05) is 34.4 Å². The molecule has 0 saturated heterocycles. The Hall–Kier alpha value is -2.20. The molecule has 134 valence electrons. The van der Waals surface area contributed by atoms with Crippen molar-refractivity contribution in [1.82, 2.24) is 4.90 Å². The Morgan fingerprint density at radius 1 is 0.960 bits per heavy atom. The minimum Gasteiger partial charge on any atom is -0.493 e. The van der Waals surface area contributed by atoms with Gasteiger partial charge in [-0.25, -0.2) is 0 Å². The number of methoxy groups -OCH3 is 3. The van der Waals surface area contributed by atoms with Crippen LogP contribution in [0.2, 0.25) is 0 Å². The fourth-order valence-corrected chi connectivity index (χ4v) is 3.61. The van der Waals surface area contributed by atoms with E-state index in [2.05, 4.69) is 41.3 Å². The number of fused-ring (bicyclic) bond motifs is 1. The van der Waals surface area contributed by atoms with Crippen molar-refractivity contribution in [3.63, 3.8) is 0 Å². The van der Waals surface area contributed by atoms with Crippen molar-refractivity contribution >= 4 is 0 Å². The number of hydrogen-bond donors (Lipinski definition) is 0. The van der Waals surface area contributed by atoms with Crippen LogP contribution in [-0.2, 0) is 19.4 Å². The van der Waals surface area contributed by atoms with Crippen molar-refractivity contribution in [3.05, 3.63) is 53.1 Å². The summed E-state index contributed by atoms with van der Waals surface area (Å²) >= 11 is 0. The molecule has 0 bridgehead atoms. The molecule has 0 radical (unpaired) electrons. The highest BCUT2D eigenvalue weighted by molar-refractivity contribution is 5.59. The number of ether oxygens (including phenoxy) is 3. The molecule has 1 aliphatic rings. The standard InChI is InChI=1S/C21H27NO3/c1-23-19-14-17-15-22(12-7-10-16-8-5-4-6-9-16)13-11-18(17)20(24-2)21(19)25-3/h4-6,8-9,14H,7,10-13,15H2,1-3H3. The van der Waals surface area contributed by atoms with E-state index in [-0.39, 0.29) is 0 Å². The van der Waals surface area contributed by atoms with Crippen LogP contribution in [-0.4, -0.2) is 39.3 Å². The molecule has 2 aromatic rings. The third-order valence-corrected chi connectivity index (χ3v) is 4.88. The zero-order valence-electron chi connectivity index (χ0n) is 15.4. The molecule has 0 N–H and O–H groups in total. The molecule has 0 amide bonds. The van der Waals surface area contributed by atoms with Gasteiger partial charge in [0.05, 0.1) is 21.3 Å². The maximum Gasteiger partial charge on any atom is 0.203 e. The van der Waals surface area contributed by atoms with Crippen LogP contribution in [0.3, 0.4) is 0 Å². The summed E-state index contributed by atoms with van der Waals surface area (Å²) in [5, 5.41) is 0. The highest BCUT2D eigenvalue weighted by Crippen LogP contribution is 2.43.